The fourth-order valence-corrected chi connectivity index (χ4v) is 2.23. The third kappa shape index (κ3) is 3.90. The van der Waals surface area contributed by atoms with Gasteiger partial charge in [0, 0.05) is 18.3 Å². The number of halogens is 8. The van der Waals surface area contributed by atoms with Gasteiger partial charge < -0.3 is 5.32 Å². The summed E-state index contributed by atoms with van der Waals surface area (Å²) in [6.07, 6.45) is -3.71. The third-order valence-corrected chi connectivity index (χ3v) is 3.62. The number of aromatic amines is 1. The first-order chi connectivity index (χ1) is 13.5. The number of rotatable bonds is 4. The summed E-state index contributed by atoms with van der Waals surface area (Å²) < 4.78 is 105. The lowest BCUT2D eigenvalue weighted by Crippen LogP contribution is -2.14. The predicted octanol–water partition coefficient (Wildman–Crippen LogP) is 3.62. The molecule has 0 saturated heterocycles. The minimum Gasteiger partial charge on any atom is -0.304 e. The zero-order chi connectivity index (χ0) is 21.5. The first kappa shape index (κ1) is 20.3. The van der Waals surface area contributed by atoms with Crippen molar-refractivity contribution in [1.29, 1.82) is 0 Å². The Morgan fingerprint density at radius 3 is 2.17 bits per heavy atom. The Hall–Kier alpha value is -3.45. The number of hydrogen-bond donors (Lipinski definition) is 2. The summed E-state index contributed by atoms with van der Waals surface area (Å²) in [6.45, 7) is -0.873. The van der Waals surface area contributed by atoms with Gasteiger partial charge in [0.25, 0.3) is 5.91 Å². The molecule has 0 saturated carbocycles. The molecule has 0 bridgehead atoms. The van der Waals surface area contributed by atoms with Crippen molar-refractivity contribution >= 4 is 11.7 Å². The minimum atomic E-state index is -4.75. The zero-order valence-electron chi connectivity index (χ0n) is 13.7. The molecule has 14 heteroatoms. The van der Waals surface area contributed by atoms with Crippen LogP contribution in [-0.4, -0.2) is 25.9 Å². The summed E-state index contributed by atoms with van der Waals surface area (Å²) in [7, 11) is 0. The second-order valence-corrected chi connectivity index (χ2v) is 5.57. The van der Waals surface area contributed by atoms with Crippen molar-refractivity contribution in [2.24, 2.45) is 0 Å². The van der Waals surface area contributed by atoms with Crippen molar-refractivity contribution in [3.8, 4) is 0 Å². The van der Waals surface area contributed by atoms with Gasteiger partial charge >= 0.3 is 6.18 Å². The molecule has 2 heterocycles. The van der Waals surface area contributed by atoms with Gasteiger partial charge in [0.2, 0.25) is 5.82 Å². The van der Waals surface area contributed by atoms with Crippen LogP contribution in [0.2, 0.25) is 0 Å². The molecule has 2 N–H and O–H groups in total. The van der Waals surface area contributed by atoms with Crippen molar-refractivity contribution in [1.82, 2.24) is 20.0 Å². The van der Waals surface area contributed by atoms with Gasteiger partial charge in [0.15, 0.2) is 34.8 Å². The summed E-state index contributed by atoms with van der Waals surface area (Å²) >= 11 is 0. The van der Waals surface area contributed by atoms with E-state index in [1.807, 2.05) is 0 Å². The Bertz CT molecular complexity index is 1060. The number of hydrogen-bond acceptors (Lipinski definition) is 3. The van der Waals surface area contributed by atoms with Gasteiger partial charge in [-0.15, -0.1) is 0 Å². The van der Waals surface area contributed by atoms with E-state index in [4.69, 9.17) is 0 Å². The Morgan fingerprint density at radius 1 is 1.03 bits per heavy atom. The fourth-order valence-electron chi connectivity index (χ4n) is 2.23. The second-order valence-electron chi connectivity index (χ2n) is 5.57. The number of nitrogens with one attached hydrogen (secondary N) is 2. The Labute approximate surface area is 155 Å². The number of H-pyrrole nitrogens is 1. The minimum absolute atomic E-state index is 0.268. The standard InChI is InChI=1S/C15H7F8N5O/c16-9-5(10(17)12(19)13(20)11(9)18)4-28-2-1-8(27-28)24-14(29)6-3-7(26-25-6)15(21,22)23/h1-3H,4H2,(H,25,26)(H,24,27,29). The fraction of sp³-hybridized carbons (Fsp3) is 0.133. The van der Waals surface area contributed by atoms with Crippen LogP contribution in [0.15, 0.2) is 18.3 Å². The van der Waals surface area contributed by atoms with Crippen LogP contribution >= 0.6 is 0 Å². The molecule has 6 nitrogen and oxygen atoms in total. The van der Waals surface area contributed by atoms with E-state index in [1.54, 1.807) is 5.10 Å². The maximum atomic E-state index is 13.7. The monoisotopic (exact) mass is 425 g/mol. The van der Waals surface area contributed by atoms with Gasteiger partial charge in [-0.1, -0.05) is 0 Å². The van der Waals surface area contributed by atoms with Crippen molar-refractivity contribution in [3.63, 3.8) is 0 Å². The first-order valence-electron chi connectivity index (χ1n) is 7.46. The van der Waals surface area contributed by atoms with E-state index in [0.29, 0.717) is 6.07 Å². The van der Waals surface area contributed by atoms with Crippen molar-refractivity contribution < 1.29 is 39.9 Å². The molecule has 0 unspecified atom stereocenters. The van der Waals surface area contributed by atoms with Crippen LogP contribution in [0, 0.1) is 29.1 Å². The van der Waals surface area contributed by atoms with Gasteiger partial charge in [-0.25, -0.2) is 22.0 Å². The van der Waals surface area contributed by atoms with E-state index in [0.717, 1.165) is 16.9 Å². The molecule has 0 spiro atoms. The lowest BCUT2D eigenvalue weighted by molar-refractivity contribution is -0.141. The molecular formula is C15H7F8N5O. The molecule has 0 fully saturated rings. The number of aromatic nitrogens is 4. The topological polar surface area (TPSA) is 75.6 Å². The summed E-state index contributed by atoms with van der Waals surface area (Å²) in [5.41, 5.74) is -3.05. The smallest absolute Gasteiger partial charge is 0.304 e. The average molecular weight is 425 g/mol. The van der Waals surface area contributed by atoms with Gasteiger partial charge in [-0.2, -0.15) is 23.4 Å². The summed E-state index contributed by atoms with van der Waals surface area (Å²) in [4.78, 5) is 11.9. The maximum Gasteiger partial charge on any atom is 0.432 e. The van der Waals surface area contributed by atoms with Gasteiger partial charge in [0.05, 0.1) is 12.1 Å². The van der Waals surface area contributed by atoms with Gasteiger partial charge in [-0.3, -0.25) is 14.6 Å². The van der Waals surface area contributed by atoms with E-state index in [-0.39, 0.29) is 5.82 Å². The van der Waals surface area contributed by atoms with E-state index in [1.165, 1.54) is 0 Å². The maximum absolute atomic E-state index is 13.7. The lowest BCUT2D eigenvalue weighted by atomic mass is 10.1. The number of amides is 1. The largest absolute Gasteiger partial charge is 0.432 e. The van der Waals surface area contributed by atoms with Crippen LogP contribution in [0.5, 0.6) is 0 Å². The Morgan fingerprint density at radius 2 is 1.62 bits per heavy atom. The molecule has 0 radical (unpaired) electrons. The Kier molecular flexibility index (Phi) is 5.02. The molecule has 29 heavy (non-hydrogen) atoms. The highest BCUT2D eigenvalue weighted by atomic mass is 19.4. The van der Waals surface area contributed by atoms with Crippen molar-refractivity contribution in [2.45, 2.75) is 12.7 Å². The number of carbonyl (C=O) groups excluding carboxylic acids is 1. The molecule has 0 aliphatic rings. The zero-order valence-corrected chi connectivity index (χ0v) is 13.7. The molecule has 1 aromatic carbocycles. The average Bonchev–Trinajstić information content (AvgIpc) is 3.31. The van der Waals surface area contributed by atoms with Crippen LogP contribution < -0.4 is 5.32 Å². The number of nitrogens with zero attached hydrogens (tertiary/aromatic N) is 3. The Balaban J connectivity index is 1.77. The van der Waals surface area contributed by atoms with Crippen molar-refractivity contribution in [3.05, 3.63) is 64.4 Å². The lowest BCUT2D eigenvalue weighted by Gasteiger charge is -2.08. The van der Waals surface area contributed by atoms with Crippen molar-refractivity contribution in [2.75, 3.05) is 5.32 Å². The first-order valence-corrected chi connectivity index (χ1v) is 7.46. The molecular weight excluding hydrogens is 418 g/mol. The van der Waals surface area contributed by atoms with E-state index < -0.39 is 64.7 Å². The summed E-state index contributed by atoms with van der Waals surface area (Å²) in [5.74, 6) is -12.0. The van der Waals surface area contributed by atoms with Crippen LogP contribution in [0.25, 0.3) is 0 Å². The summed E-state index contributed by atoms with van der Waals surface area (Å²) in [6, 6.07) is 1.53. The van der Waals surface area contributed by atoms with Crippen LogP contribution in [-0.2, 0) is 12.7 Å². The molecule has 0 aliphatic carbocycles. The molecule has 0 aliphatic heterocycles. The van der Waals surface area contributed by atoms with Gasteiger partial charge in [0.1, 0.15) is 5.69 Å². The SMILES string of the molecule is O=C(Nc1ccn(Cc2c(F)c(F)c(F)c(F)c2F)n1)c1cc(C(F)(F)F)[nH]n1. The van der Waals surface area contributed by atoms with Crippen LogP contribution in [0.3, 0.4) is 0 Å². The van der Waals surface area contributed by atoms with Crippen LogP contribution in [0.4, 0.5) is 40.9 Å². The number of alkyl halides is 3. The quantitative estimate of drug-likeness (QED) is 0.381. The van der Waals surface area contributed by atoms with E-state index >= 15 is 0 Å². The third-order valence-electron chi connectivity index (χ3n) is 3.62. The van der Waals surface area contributed by atoms with Gasteiger partial charge in [-0.05, 0) is 0 Å². The highest BCUT2D eigenvalue weighted by Gasteiger charge is 2.34. The molecule has 3 rings (SSSR count). The van der Waals surface area contributed by atoms with E-state index in [9.17, 15) is 39.9 Å². The molecule has 0 atom stereocenters. The number of carbonyl (C=O) groups is 1. The normalized spacial score (nSPS) is 11.7. The molecule has 2 aromatic heterocycles. The number of anilines is 1. The predicted molar refractivity (Wildman–Crippen MR) is 79.1 cm³/mol. The second kappa shape index (κ2) is 7.18. The number of benzene rings is 1. The van der Waals surface area contributed by atoms with Crippen LogP contribution in [0.1, 0.15) is 21.7 Å². The highest BCUT2D eigenvalue weighted by Crippen LogP contribution is 2.28. The summed E-state index contributed by atoms with van der Waals surface area (Å²) in [5, 5.41) is 10.5. The molecule has 154 valence electrons. The molecule has 1 amide bonds. The van der Waals surface area contributed by atoms with E-state index in [2.05, 4.69) is 15.5 Å². The highest BCUT2D eigenvalue weighted by molar-refractivity contribution is 6.02. The molecule has 3 aromatic rings.